The molecule has 1 aliphatic rings. The molecular formula is C19H14N4. The normalized spacial score (nSPS) is 15.7. The minimum Gasteiger partial charge on any atom is -0.373 e. The Morgan fingerprint density at radius 1 is 0.913 bits per heavy atom. The first-order valence-electron chi connectivity index (χ1n) is 7.63. The molecule has 4 heterocycles. The maximum absolute atomic E-state index is 4.49. The molecule has 0 fully saturated rings. The number of hydrogen-bond acceptors (Lipinski definition) is 3. The topological polar surface area (TPSA) is 53.6 Å². The lowest BCUT2D eigenvalue weighted by molar-refractivity contribution is 0.940. The summed E-state index contributed by atoms with van der Waals surface area (Å²) in [4.78, 5) is 12.1. The number of rotatable bonds is 1. The summed E-state index contributed by atoms with van der Waals surface area (Å²) in [5.41, 5.74) is 6.80. The van der Waals surface area contributed by atoms with E-state index in [0.717, 1.165) is 16.9 Å². The van der Waals surface area contributed by atoms with Crippen LogP contribution in [0.3, 0.4) is 0 Å². The number of fused-ring (bicyclic) bond motifs is 2. The van der Waals surface area contributed by atoms with Crippen molar-refractivity contribution in [2.75, 3.05) is 5.32 Å². The van der Waals surface area contributed by atoms with Gasteiger partial charge in [0, 0.05) is 47.0 Å². The summed E-state index contributed by atoms with van der Waals surface area (Å²) in [7, 11) is 0. The molecule has 0 spiro atoms. The predicted molar refractivity (Wildman–Crippen MR) is 91.2 cm³/mol. The van der Waals surface area contributed by atoms with Crippen LogP contribution >= 0.6 is 0 Å². The summed E-state index contributed by atoms with van der Waals surface area (Å²) in [6.45, 7) is 0. The lowest BCUT2D eigenvalue weighted by Crippen LogP contribution is -2.11. The average molecular weight is 298 g/mol. The molecule has 0 radical (unpaired) electrons. The third-order valence-electron chi connectivity index (χ3n) is 4.45. The summed E-state index contributed by atoms with van der Waals surface area (Å²) in [6.07, 6.45) is 7.63. The summed E-state index contributed by atoms with van der Waals surface area (Å²) >= 11 is 0. The van der Waals surface area contributed by atoms with E-state index in [2.05, 4.69) is 62.9 Å². The summed E-state index contributed by atoms with van der Waals surface area (Å²) < 4.78 is 0. The van der Waals surface area contributed by atoms with E-state index in [1.54, 1.807) is 6.20 Å². The molecule has 1 aliphatic heterocycles. The highest BCUT2D eigenvalue weighted by atomic mass is 14.9. The minimum atomic E-state index is 0.0454. The lowest BCUT2D eigenvalue weighted by atomic mass is 9.98. The van der Waals surface area contributed by atoms with Gasteiger partial charge in [-0.15, -0.1) is 0 Å². The highest BCUT2D eigenvalue weighted by Crippen LogP contribution is 2.43. The van der Waals surface area contributed by atoms with Crippen LogP contribution in [0.25, 0.3) is 22.2 Å². The average Bonchev–Trinajstić information content (AvgIpc) is 2.98. The standard InChI is InChI=1S/C19H14N4/c1-2-6-16-13(5-1)14-7-9-21-19-17(14)15(11-22-19)18(23-16)12-4-3-8-20-10-12/h1-11,18,23H,(H,21,22). The molecule has 0 bridgehead atoms. The van der Waals surface area contributed by atoms with Gasteiger partial charge in [-0.1, -0.05) is 24.3 Å². The molecule has 23 heavy (non-hydrogen) atoms. The van der Waals surface area contributed by atoms with Crippen LogP contribution in [0.5, 0.6) is 0 Å². The monoisotopic (exact) mass is 298 g/mol. The number of pyridine rings is 2. The number of para-hydroxylation sites is 1. The van der Waals surface area contributed by atoms with Crippen LogP contribution in [-0.4, -0.2) is 15.0 Å². The zero-order valence-corrected chi connectivity index (χ0v) is 12.3. The predicted octanol–water partition coefficient (Wildman–Crippen LogP) is 4.14. The second-order valence-electron chi connectivity index (χ2n) is 5.74. The molecular weight excluding hydrogens is 284 g/mol. The van der Waals surface area contributed by atoms with Gasteiger partial charge in [-0.3, -0.25) is 4.98 Å². The van der Waals surface area contributed by atoms with Gasteiger partial charge in [0.2, 0.25) is 0 Å². The van der Waals surface area contributed by atoms with Gasteiger partial charge in [-0.05, 0) is 29.3 Å². The van der Waals surface area contributed by atoms with Crippen molar-refractivity contribution in [3.63, 3.8) is 0 Å². The van der Waals surface area contributed by atoms with E-state index >= 15 is 0 Å². The molecule has 1 unspecified atom stereocenters. The zero-order chi connectivity index (χ0) is 15.2. The van der Waals surface area contributed by atoms with Crippen molar-refractivity contribution >= 4 is 16.7 Å². The van der Waals surface area contributed by atoms with E-state index in [1.807, 2.05) is 18.5 Å². The Balaban J connectivity index is 1.87. The number of anilines is 1. The molecule has 1 atom stereocenters. The van der Waals surface area contributed by atoms with Crippen LogP contribution in [0.1, 0.15) is 17.2 Å². The molecule has 4 nitrogen and oxygen atoms in total. The molecule has 4 heteroatoms. The van der Waals surface area contributed by atoms with E-state index in [9.17, 15) is 0 Å². The van der Waals surface area contributed by atoms with Crippen LogP contribution in [0.2, 0.25) is 0 Å². The van der Waals surface area contributed by atoms with E-state index in [4.69, 9.17) is 0 Å². The summed E-state index contributed by atoms with van der Waals surface area (Å²) in [5.74, 6) is 0. The van der Waals surface area contributed by atoms with Crippen molar-refractivity contribution in [1.82, 2.24) is 15.0 Å². The number of aromatic amines is 1. The van der Waals surface area contributed by atoms with Gasteiger partial charge in [0.25, 0.3) is 0 Å². The van der Waals surface area contributed by atoms with Crippen LogP contribution in [0.4, 0.5) is 5.69 Å². The smallest absolute Gasteiger partial charge is 0.138 e. The second kappa shape index (κ2) is 4.68. The van der Waals surface area contributed by atoms with Crippen LogP contribution in [-0.2, 0) is 0 Å². The van der Waals surface area contributed by atoms with Crippen molar-refractivity contribution in [2.45, 2.75) is 6.04 Å². The Hall–Kier alpha value is -3.14. The van der Waals surface area contributed by atoms with E-state index < -0.39 is 0 Å². The van der Waals surface area contributed by atoms with E-state index in [0.29, 0.717) is 0 Å². The Morgan fingerprint density at radius 3 is 2.78 bits per heavy atom. The maximum atomic E-state index is 4.49. The van der Waals surface area contributed by atoms with Gasteiger partial charge in [0.05, 0.1) is 6.04 Å². The van der Waals surface area contributed by atoms with Crippen molar-refractivity contribution in [1.29, 1.82) is 0 Å². The fourth-order valence-corrected chi connectivity index (χ4v) is 3.42. The quantitative estimate of drug-likeness (QED) is 0.555. The first-order chi connectivity index (χ1) is 11.4. The highest BCUT2D eigenvalue weighted by Gasteiger charge is 2.25. The molecule has 0 saturated heterocycles. The molecule has 110 valence electrons. The van der Waals surface area contributed by atoms with Crippen molar-refractivity contribution < 1.29 is 0 Å². The first-order valence-corrected chi connectivity index (χ1v) is 7.63. The largest absolute Gasteiger partial charge is 0.373 e. The molecule has 0 amide bonds. The van der Waals surface area contributed by atoms with Gasteiger partial charge in [-0.25, -0.2) is 4.98 Å². The van der Waals surface area contributed by atoms with Crippen LogP contribution in [0, 0.1) is 0 Å². The maximum Gasteiger partial charge on any atom is 0.138 e. The Morgan fingerprint density at radius 2 is 1.87 bits per heavy atom. The summed E-state index contributed by atoms with van der Waals surface area (Å²) in [5, 5.41) is 4.86. The molecule has 0 saturated carbocycles. The number of aromatic nitrogens is 3. The first kappa shape index (κ1) is 12.4. The lowest BCUT2D eigenvalue weighted by Gasteiger charge is -2.19. The molecule has 3 aromatic heterocycles. The molecule has 5 rings (SSSR count). The number of hydrogen-bond donors (Lipinski definition) is 2. The third-order valence-corrected chi connectivity index (χ3v) is 4.45. The number of benzene rings is 1. The highest BCUT2D eigenvalue weighted by molar-refractivity contribution is 6.01. The molecule has 4 aromatic rings. The van der Waals surface area contributed by atoms with Gasteiger partial charge in [0.1, 0.15) is 5.65 Å². The molecule has 1 aromatic carbocycles. The van der Waals surface area contributed by atoms with Crippen molar-refractivity contribution in [2.24, 2.45) is 0 Å². The fraction of sp³-hybridized carbons (Fsp3) is 0.0526. The van der Waals surface area contributed by atoms with Crippen molar-refractivity contribution in [3.05, 3.63) is 78.4 Å². The van der Waals surface area contributed by atoms with Crippen LogP contribution < -0.4 is 5.32 Å². The number of H-pyrrole nitrogens is 1. The van der Waals surface area contributed by atoms with Gasteiger partial charge < -0.3 is 10.3 Å². The van der Waals surface area contributed by atoms with Gasteiger partial charge >= 0.3 is 0 Å². The molecule has 2 N–H and O–H groups in total. The van der Waals surface area contributed by atoms with Crippen molar-refractivity contribution in [3.8, 4) is 11.1 Å². The SMILES string of the molecule is c1cncc(C2Nc3ccccc3-c3ccnc4[nH]cc2c34)c1. The van der Waals surface area contributed by atoms with Gasteiger partial charge in [0.15, 0.2) is 0 Å². The Labute approximate surface area is 133 Å². The zero-order valence-electron chi connectivity index (χ0n) is 12.3. The number of nitrogens with zero attached hydrogens (tertiary/aromatic N) is 2. The van der Waals surface area contributed by atoms with E-state index in [-0.39, 0.29) is 6.04 Å². The summed E-state index contributed by atoms with van der Waals surface area (Å²) in [6, 6.07) is 14.6. The fourth-order valence-electron chi connectivity index (χ4n) is 3.42. The second-order valence-corrected chi connectivity index (χ2v) is 5.74. The van der Waals surface area contributed by atoms with E-state index in [1.165, 1.54) is 22.1 Å². The Kier molecular flexibility index (Phi) is 2.52. The number of nitrogens with one attached hydrogen (secondary N) is 2. The van der Waals surface area contributed by atoms with Gasteiger partial charge in [-0.2, -0.15) is 0 Å². The molecule has 0 aliphatic carbocycles. The van der Waals surface area contributed by atoms with Crippen LogP contribution in [0.15, 0.2) is 67.3 Å². The third kappa shape index (κ3) is 1.78. The Bertz CT molecular complexity index is 1000. The minimum absolute atomic E-state index is 0.0454.